The van der Waals surface area contributed by atoms with Gasteiger partial charge in [-0.2, -0.15) is 0 Å². The first-order chi connectivity index (χ1) is 16.1. The summed E-state index contributed by atoms with van der Waals surface area (Å²) in [6, 6.07) is 25.6. The summed E-state index contributed by atoms with van der Waals surface area (Å²) in [5, 5.41) is 12.7. The maximum absolute atomic E-state index is 13.5. The van der Waals surface area contributed by atoms with Gasteiger partial charge >= 0.3 is 0 Å². The first-order valence-electron chi connectivity index (χ1n) is 11.3. The van der Waals surface area contributed by atoms with Crippen LogP contribution in [0, 0.1) is 5.41 Å². The van der Waals surface area contributed by atoms with Gasteiger partial charge in [0, 0.05) is 5.41 Å². The first kappa shape index (κ1) is 23.4. The van der Waals surface area contributed by atoms with Crippen LogP contribution in [0.4, 0.5) is 0 Å². The third-order valence-electron chi connectivity index (χ3n) is 6.14. The smallest absolute Gasteiger partial charge is 0.280 e. The van der Waals surface area contributed by atoms with E-state index in [1.165, 1.54) is 4.68 Å². The van der Waals surface area contributed by atoms with Crippen molar-refractivity contribution in [1.29, 1.82) is 0 Å². The summed E-state index contributed by atoms with van der Waals surface area (Å²) in [4.78, 5) is 31.2. The average molecular weight is 456 g/mol. The molecule has 0 saturated carbocycles. The van der Waals surface area contributed by atoms with Crippen molar-refractivity contribution in [3.8, 4) is 0 Å². The molecule has 6 nitrogen and oxygen atoms in total. The van der Waals surface area contributed by atoms with Crippen molar-refractivity contribution in [2.75, 3.05) is 5.43 Å². The monoisotopic (exact) mass is 455 g/mol. The van der Waals surface area contributed by atoms with Crippen LogP contribution in [0.5, 0.6) is 0 Å². The molecule has 3 aromatic carbocycles. The van der Waals surface area contributed by atoms with Crippen LogP contribution in [0.15, 0.2) is 89.7 Å². The Morgan fingerprint density at radius 2 is 1.38 bits per heavy atom. The Morgan fingerprint density at radius 3 is 1.91 bits per heavy atom. The van der Waals surface area contributed by atoms with E-state index in [4.69, 9.17) is 4.98 Å². The van der Waals surface area contributed by atoms with Gasteiger partial charge in [-0.05, 0) is 23.3 Å². The fourth-order valence-corrected chi connectivity index (χ4v) is 4.06. The Bertz CT molecular complexity index is 1330. The van der Waals surface area contributed by atoms with Crippen molar-refractivity contribution in [3.63, 3.8) is 0 Å². The van der Waals surface area contributed by atoms with Crippen LogP contribution in [0.25, 0.3) is 10.9 Å². The van der Waals surface area contributed by atoms with Crippen molar-refractivity contribution in [1.82, 2.24) is 9.66 Å². The molecule has 6 heteroatoms. The zero-order valence-corrected chi connectivity index (χ0v) is 19.8. The highest BCUT2D eigenvalue weighted by molar-refractivity contribution is 5.89. The summed E-state index contributed by atoms with van der Waals surface area (Å²) < 4.78 is 1.19. The number of hydrogen-bond donors (Lipinski definition) is 2. The van der Waals surface area contributed by atoms with E-state index >= 15 is 0 Å². The van der Waals surface area contributed by atoms with Gasteiger partial charge in [-0.15, -0.1) is 0 Å². The number of carbonyl (C=O) groups excluding carboxylic acids is 1. The zero-order chi connectivity index (χ0) is 24.5. The number of amides is 1. The van der Waals surface area contributed by atoms with Crippen LogP contribution < -0.4 is 11.0 Å². The van der Waals surface area contributed by atoms with Crippen molar-refractivity contribution < 1.29 is 9.90 Å². The Hall–Kier alpha value is -3.77. The highest BCUT2D eigenvalue weighted by Crippen LogP contribution is 2.41. The van der Waals surface area contributed by atoms with Crippen molar-refractivity contribution in [2.24, 2.45) is 5.41 Å². The highest BCUT2D eigenvalue weighted by atomic mass is 16.3. The van der Waals surface area contributed by atoms with Gasteiger partial charge in [0.15, 0.2) is 0 Å². The molecule has 0 aliphatic rings. The molecule has 174 valence electrons. The Morgan fingerprint density at radius 1 is 0.882 bits per heavy atom. The topological polar surface area (TPSA) is 84.2 Å². The number of hydrogen-bond acceptors (Lipinski definition) is 4. The number of aromatic nitrogens is 2. The van der Waals surface area contributed by atoms with Crippen molar-refractivity contribution in [3.05, 3.63) is 112 Å². The highest BCUT2D eigenvalue weighted by Gasteiger charge is 2.41. The molecule has 1 aromatic heterocycles. The summed E-state index contributed by atoms with van der Waals surface area (Å²) in [5.74, 6) is -0.769. The fraction of sp³-hybridized carbons (Fsp3) is 0.250. The molecule has 1 amide bonds. The summed E-state index contributed by atoms with van der Waals surface area (Å²) in [5.41, 5.74) is 1.93. The number of nitrogens with one attached hydrogen (secondary N) is 1. The average Bonchev–Trinajstić information content (AvgIpc) is 2.85. The molecule has 0 bridgehead atoms. The third-order valence-corrected chi connectivity index (χ3v) is 6.14. The lowest BCUT2D eigenvalue weighted by molar-refractivity contribution is -0.124. The van der Waals surface area contributed by atoms with E-state index in [0.29, 0.717) is 22.0 Å². The number of fused-ring (bicyclic) bond motifs is 1. The molecule has 0 aliphatic heterocycles. The van der Waals surface area contributed by atoms with E-state index in [-0.39, 0.29) is 11.7 Å². The van der Waals surface area contributed by atoms with Crippen LogP contribution in [0.2, 0.25) is 0 Å². The van der Waals surface area contributed by atoms with Crippen LogP contribution in [-0.2, 0) is 10.4 Å². The van der Waals surface area contributed by atoms with Crippen molar-refractivity contribution in [2.45, 2.75) is 39.2 Å². The van der Waals surface area contributed by atoms with E-state index in [0.717, 1.165) is 0 Å². The van der Waals surface area contributed by atoms with E-state index in [9.17, 15) is 14.7 Å². The Labute approximate surface area is 198 Å². The molecule has 0 saturated heterocycles. The number of carbonyl (C=O) groups is 1. The van der Waals surface area contributed by atoms with Gasteiger partial charge in [0.25, 0.3) is 5.56 Å². The van der Waals surface area contributed by atoms with Crippen LogP contribution in [-0.4, -0.2) is 20.7 Å². The number of para-hydroxylation sites is 1. The van der Waals surface area contributed by atoms with Gasteiger partial charge in [-0.25, -0.2) is 9.66 Å². The largest absolute Gasteiger partial charge is 0.380 e. The summed E-state index contributed by atoms with van der Waals surface area (Å²) >= 11 is 0. The third kappa shape index (κ3) is 4.13. The quantitative estimate of drug-likeness (QED) is 0.462. The van der Waals surface area contributed by atoms with Crippen LogP contribution in [0.1, 0.15) is 50.6 Å². The molecule has 4 rings (SSSR count). The molecule has 34 heavy (non-hydrogen) atoms. The molecule has 0 fully saturated rings. The summed E-state index contributed by atoms with van der Waals surface area (Å²) in [6.07, 6.45) is 0. The Balaban J connectivity index is 1.99. The van der Waals surface area contributed by atoms with Crippen LogP contribution in [0.3, 0.4) is 0 Å². The fourth-order valence-electron chi connectivity index (χ4n) is 4.06. The predicted molar refractivity (Wildman–Crippen MR) is 134 cm³/mol. The van der Waals surface area contributed by atoms with Gasteiger partial charge < -0.3 is 5.11 Å². The molecule has 1 atom stereocenters. The molecule has 0 aliphatic carbocycles. The lowest BCUT2D eigenvalue weighted by Gasteiger charge is -2.36. The van der Waals surface area contributed by atoms with E-state index in [1.807, 2.05) is 73.7 Å². The normalized spacial score (nSPS) is 13.0. The zero-order valence-electron chi connectivity index (χ0n) is 19.8. The number of nitrogens with zero attached hydrogens (tertiary/aromatic N) is 2. The van der Waals surface area contributed by atoms with Gasteiger partial charge in [0.2, 0.25) is 5.91 Å². The molecule has 0 radical (unpaired) electrons. The second-order valence-electron chi connectivity index (χ2n) is 9.54. The molecule has 0 spiro atoms. The Kier molecular flexibility index (Phi) is 6.11. The molecule has 1 unspecified atom stereocenters. The van der Waals surface area contributed by atoms with Gasteiger partial charge in [0.05, 0.1) is 16.8 Å². The standard InChI is InChI=1S/C28H29N3O3/c1-19(28(34,20-13-7-5-8-14-20)21-15-9-6-10-16-21)24-29-23-18-12-11-17-22(23)25(32)31(24)30-26(33)27(2,3)4/h5-19,34H,1-4H3,(H,30,33). The number of aliphatic hydroxyl groups is 1. The SMILES string of the molecule is CC(c1nc2ccccc2c(=O)n1NC(=O)C(C)(C)C)C(O)(c1ccccc1)c1ccccc1. The second kappa shape index (κ2) is 8.88. The molecule has 4 aromatic rings. The summed E-state index contributed by atoms with van der Waals surface area (Å²) in [7, 11) is 0. The first-order valence-corrected chi connectivity index (χ1v) is 11.3. The lowest BCUT2D eigenvalue weighted by atomic mass is 9.76. The molecule has 1 heterocycles. The number of benzene rings is 3. The lowest BCUT2D eigenvalue weighted by Crippen LogP contribution is -2.44. The van der Waals surface area contributed by atoms with E-state index in [1.54, 1.807) is 39.0 Å². The molecular weight excluding hydrogens is 426 g/mol. The second-order valence-corrected chi connectivity index (χ2v) is 9.54. The van der Waals surface area contributed by atoms with Gasteiger partial charge in [0.1, 0.15) is 11.4 Å². The maximum atomic E-state index is 13.5. The summed E-state index contributed by atoms with van der Waals surface area (Å²) in [6.45, 7) is 7.13. The van der Waals surface area contributed by atoms with Gasteiger partial charge in [-0.1, -0.05) is 100 Å². The van der Waals surface area contributed by atoms with Crippen LogP contribution >= 0.6 is 0 Å². The molecule has 2 N–H and O–H groups in total. The van der Waals surface area contributed by atoms with Gasteiger partial charge in [-0.3, -0.25) is 15.0 Å². The minimum atomic E-state index is -1.52. The minimum Gasteiger partial charge on any atom is -0.380 e. The minimum absolute atomic E-state index is 0.261. The van der Waals surface area contributed by atoms with Crippen molar-refractivity contribution >= 4 is 16.8 Å². The van der Waals surface area contributed by atoms with E-state index in [2.05, 4.69) is 5.43 Å². The predicted octanol–water partition coefficient (Wildman–Crippen LogP) is 4.55. The van der Waals surface area contributed by atoms with E-state index < -0.39 is 22.5 Å². The molecular formula is C28H29N3O3. The maximum Gasteiger partial charge on any atom is 0.280 e. The number of rotatable bonds is 5.